The van der Waals surface area contributed by atoms with Crippen LogP contribution < -0.4 is 0 Å². The highest BCUT2D eigenvalue weighted by atomic mass is 19.1. The SMILES string of the molecule is CCCCCC(C(=O)c1ccc(F)cc1)C(C(=O)C(C)C)C(=O)N1CCCCC1. The van der Waals surface area contributed by atoms with Crippen molar-refractivity contribution in [3.05, 3.63) is 35.6 Å². The highest BCUT2D eigenvalue weighted by molar-refractivity contribution is 6.09. The van der Waals surface area contributed by atoms with Crippen molar-refractivity contribution in [2.24, 2.45) is 17.8 Å². The summed E-state index contributed by atoms with van der Waals surface area (Å²) in [4.78, 5) is 41.7. The van der Waals surface area contributed by atoms with Crippen LogP contribution in [0.4, 0.5) is 4.39 Å². The number of piperidine rings is 1. The van der Waals surface area contributed by atoms with Crippen LogP contribution in [0, 0.1) is 23.6 Å². The average molecular weight is 404 g/mol. The first kappa shape index (κ1) is 23.2. The van der Waals surface area contributed by atoms with Gasteiger partial charge in [0, 0.05) is 30.5 Å². The number of hydrogen-bond acceptors (Lipinski definition) is 3. The lowest BCUT2D eigenvalue weighted by atomic mass is 9.76. The molecule has 2 unspecified atom stereocenters. The Hall–Kier alpha value is -2.04. The molecule has 0 spiro atoms. The van der Waals surface area contributed by atoms with Crippen molar-refractivity contribution in [3.8, 4) is 0 Å². The summed E-state index contributed by atoms with van der Waals surface area (Å²) in [6, 6.07) is 5.41. The molecule has 2 atom stereocenters. The van der Waals surface area contributed by atoms with Gasteiger partial charge in [-0.15, -0.1) is 0 Å². The molecule has 2 rings (SSSR count). The van der Waals surface area contributed by atoms with E-state index in [0.717, 1.165) is 38.5 Å². The Balaban J connectivity index is 2.38. The lowest BCUT2D eigenvalue weighted by molar-refractivity contribution is -0.145. The van der Waals surface area contributed by atoms with Crippen molar-refractivity contribution in [1.82, 2.24) is 4.90 Å². The second-order valence-corrected chi connectivity index (χ2v) is 8.39. The smallest absolute Gasteiger partial charge is 0.233 e. The van der Waals surface area contributed by atoms with Crippen LogP contribution in [0.3, 0.4) is 0 Å². The molecule has 0 bridgehead atoms. The number of Topliss-reactive ketones (excluding diaryl/α,β-unsaturated/α-hetero) is 2. The number of likely N-dealkylation sites (tertiary alicyclic amines) is 1. The van der Waals surface area contributed by atoms with Gasteiger partial charge in [-0.1, -0.05) is 40.0 Å². The van der Waals surface area contributed by atoms with E-state index in [9.17, 15) is 18.8 Å². The first-order chi connectivity index (χ1) is 13.9. The van der Waals surface area contributed by atoms with Gasteiger partial charge in [-0.3, -0.25) is 14.4 Å². The predicted octanol–water partition coefficient (Wildman–Crippen LogP) is 5.06. The van der Waals surface area contributed by atoms with Crippen LogP contribution in [0.5, 0.6) is 0 Å². The van der Waals surface area contributed by atoms with Crippen LogP contribution in [0.25, 0.3) is 0 Å². The molecule has 1 aromatic rings. The van der Waals surface area contributed by atoms with Gasteiger partial charge in [0.05, 0.1) is 0 Å². The number of ketones is 2. The Kier molecular flexibility index (Phi) is 8.99. The molecule has 1 aliphatic heterocycles. The van der Waals surface area contributed by atoms with Gasteiger partial charge < -0.3 is 4.90 Å². The summed E-state index contributed by atoms with van der Waals surface area (Å²) in [5, 5.41) is 0. The Morgan fingerprint density at radius 2 is 1.62 bits per heavy atom. The zero-order valence-corrected chi connectivity index (χ0v) is 18.0. The fraction of sp³-hybridized carbons (Fsp3) is 0.625. The Morgan fingerprint density at radius 1 is 1.00 bits per heavy atom. The van der Waals surface area contributed by atoms with E-state index in [2.05, 4.69) is 6.92 Å². The van der Waals surface area contributed by atoms with Crippen molar-refractivity contribution < 1.29 is 18.8 Å². The molecule has 0 aliphatic carbocycles. The summed E-state index contributed by atoms with van der Waals surface area (Å²) in [6.07, 6.45) is 6.15. The third-order valence-corrected chi connectivity index (χ3v) is 5.80. The molecule has 160 valence electrons. The predicted molar refractivity (Wildman–Crippen MR) is 112 cm³/mol. The molecule has 0 N–H and O–H groups in total. The van der Waals surface area contributed by atoms with E-state index in [1.807, 2.05) is 0 Å². The minimum atomic E-state index is -0.956. The largest absolute Gasteiger partial charge is 0.342 e. The number of unbranched alkanes of at least 4 members (excludes halogenated alkanes) is 2. The van der Waals surface area contributed by atoms with Crippen molar-refractivity contribution >= 4 is 17.5 Å². The van der Waals surface area contributed by atoms with E-state index in [1.54, 1.807) is 18.7 Å². The molecule has 0 saturated carbocycles. The van der Waals surface area contributed by atoms with Gasteiger partial charge in [0.2, 0.25) is 5.91 Å². The average Bonchev–Trinajstić information content (AvgIpc) is 2.73. The van der Waals surface area contributed by atoms with Crippen molar-refractivity contribution in [1.29, 1.82) is 0 Å². The Labute approximate surface area is 173 Å². The number of carbonyl (C=O) groups is 3. The summed E-state index contributed by atoms with van der Waals surface area (Å²) in [5.74, 6) is -3.01. The molecule has 5 heteroatoms. The quantitative estimate of drug-likeness (QED) is 0.312. The van der Waals surface area contributed by atoms with Crippen LogP contribution in [0.1, 0.15) is 76.1 Å². The highest BCUT2D eigenvalue weighted by Crippen LogP contribution is 2.30. The van der Waals surface area contributed by atoms with Crippen LogP contribution in [-0.4, -0.2) is 35.5 Å². The number of carbonyl (C=O) groups excluding carboxylic acids is 3. The Morgan fingerprint density at radius 3 is 2.17 bits per heavy atom. The topological polar surface area (TPSA) is 54.5 Å². The van der Waals surface area contributed by atoms with Gasteiger partial charge in [-0.05, 0) is 49.9 Å². The van der Waals surface area contributed by atoms with Gasteiger partial charge in [-0.25, -0.2) is 4.39 Å². The summed E-state index contributed by atoms with van der Waals surface area (Å²) < 4.78 is 13.3. The zero-order valence-electron chi connectivity index (χ0n) is 18.0. The second kappa shape index (κ2) is 11.2. The molecular formula is C24H34FNO3. The third kappa shape index (κ3) is 6.22. The van der Waals surface area contributed by atoms with E-state index in [1.165, 1.54) is 24.3 Å². The maximum Gasteiger partial charge on any atom is 0.233 e. The van der Waals surface area contributed by atoms with Crippen molar-refractivity contribution in [2.75, 3.05) is 13.1 Å². The number of halogens is 1. The summed E-state index contributed by atoms with van der Waals surface area (Å²) in [5.41, 5.74) is 0.362. The molecule has 1 amide bonds. The zero-order chi connectivity index (χ0) is 21.4. The fourth-order valence-corrected chi connectivity index (χ4v) is 4.05. The van der Waals surface area contributed by atoms with Crippen LogP contribution in [0.2, 0.25) is 0 Å². The lowest BCUT2D eigenvalue weighted by Crippen LogP contribution is -2.47. The first-order valence-electron chi connectivity index (χ1n) is 11.0. The van der Waals surface area contributed by atoms with Gasteiger partial charge in [0.1, 0.15) is 17.5 Å². The third-order valence-electron chi connectivity index (χ3n) is 5.80. The monoisotopic (exact) mass is 403 g/mol. The number of nitrogens with zero attached hydrogens (tertiary/aromatic N) is 1. The molecule has 4 nitrogen and oxygen atoms in total. The molecule has 0 aromatic heterocycles. The van der Waals surface area contributed by atoms with Crippen molar-refractivity contribution in [3.63, 3.8) is 0 Å². The van der Waals surface area contributed by atoms with Gasteiger partial charge in [0.25, 0.3) is 0 Å². The number of hydrogen-bond donors (Lipinski definition) is 0. The second-order valence-electron chi connectivity index (χ2n) is 8.39. The van der Waals surface area contributed by atoms with Gasteiger partial charge in [-0.2, -0.15) is 0 Å². The molecule has 29 heavy (non-hydrogen) atoms. The summed E-state index contributed by atoms with van der Waals surface area (Å²) in [6.45, 7) is 6.93. The first-order valence-corrected chi connectivity index (χ1v) is 11.0. The summed E-state index contributed by atoms with van der Waals surface area (Å²) in [7, 11) is 0. The fourth-order valence-electron chi connectivity index (χ4n) is 4.05. The molecule has 1 aliphatic rings. The maximum atomic E-state index is 13.4. The molecular weight excluding hydrogens is 369 g/mol. The van der Waals surface area contributed by atoms with Gasteiger partial charge in [0.15, 0.2) is 5.78 Å². The van der Waals surface area contributed by atoms with Crippen LogP contribution in [0.15, 0.2) is 24.3 Å². The molecule has 1 aromatic carbocycles. The van der Waals surface area contributed by atoms with E-state index < -0.39 is 17.7 Å². The number of benzene rings is 1. The van der Waals surface area contributed by atoms with Crippen molar-refractivity contribution in [2.45, 2.75) is 65.7 Å². The molecule has 1 fully saturated rings. The minimum absolute atomic E-state index is 0.169. The Bertz CT molecular complexity index is 693. The number of rotatable bonds is 10. The normalized spacial score (nSPS) is 16.5. The van der Waals surface area contributed by atoms with Gasteiger partial charge >= 0.3 is 0 Å². The van der Waals surface area contributed by atoms with E-state index in [4.69, 9.17) is 0 Å². The highest BCUT2D eigenvalue weighted by Gasteiger charge is 2.41. The molecule has 1 saturated heterocycles. The molecule has 0 radical (unpaired) electrons. The summed E-state index contributed by atoms with van der Waals surface area (Å²) >= 11 is 0. The number of amides is 1. The van der Waals surface area contributed by atoms with E-state index in [0.29, 0.717) is 25.1 Å². The van der Waals surface area contributed by atoms with E-state index >= 15 is 0 Å². The standard InChI is InChI=1S/C24H34FNO3/c1-4-5-7-10-20(23(28)18-11-13-19(25)14-12-18)21(22(27)17(2)3)24(29)26-15-8-6-9-16-26/h11-14,17,20-21H,4-10,15-16H2,1-3H3. The van der Waals surface area contributed by atoms with Crippen LogP contribution >= 0.6 is 0 Å². The maximum absolute atomic E-state index is 13.4. The minimum Gasteiger partial charge on any atom is -0.342 e. The lowest BCUT2D eigenvalue weighted by Gasteiger charge is -2.33. The van der Waals surface area contributed by atoms with Crippen LogP contribution in [-0.2, 0) is 9.59 Å². The molecule has 1 heterocycles. The van der Waals surface area contributed by atoms with E-state index in [-0.39, 0.29) is 23.4 Å².